The summed E-state index contributed by atoms with van der Waals surface area (Å²) in [6.45, 7) is 3.66. The third kappa shape index (κ3) is 12.4. The van der Waals surface area contributed by atoms with Crippen molar-refractivity contribution in [3.8, 4) is 28.7 Å². The molecule has 428 valence electrons. The van der Waals surface area contributed by atoms with Crippen LogP contribution in [0.5, 0.6) is 28.7 Å². The van der Waals surface area contributed by atoms with Crippen LogP contribution in [0.3, 0.4) is 0 Å². The van der Waals surface area contributed by atoms with Gasteiger partial charge in [0.15, 0.2) is 11.3 Å². The van der Waals surface area contributed by atoms with Crippen molar-refractivity contribution in [2.24, 2.45) is 0 Å². The topological polar surface area (TPSA) is 190 Å². The number of aromatic nitrogens is 10. The first-order valence-corrected chi connectivity index (χ1v) is 27.6. The Balaban J connectivity index is 0.000000140. The van der Waals surface area contributed by atoms with Crippen LogP contribution in [0.25, 0.3) is 33.1 Å². The number of aryl methyl sites for hydroxylation is 2. The highest BCUT2D eigenvalue weighted by Gasteiger charge is 2.43. The van der Waals surface area contributed by atoms with Crippen molar-refractivity contribution in [3.05, 3.63) is 152 Å². The van der Waals surface area contributed by atoms with E-state index in [-0.39, 0.29) is 55.3 Å². The summed E-state index contributed by atoms with van der Waals surface area (Å²) in [4.78, 5) is 29.6. The van der Waals surface area contributed by atoms with Gasteiger partial charge in [-0.25, -0.2) is 60.9 Å². The molecule has 4 aliphatic rings. The van der Waals surface area contributed by atoms with Crippen LogP contribution in [0, 0.1) is 19.7 Å². The Hall–Kier alpha value is -8.67. The minimum atomic E-state index is -2.31. The number of halogens is 5. The van der Waals surface area contributed by atoms with Crippen molar-refractivity contribution in [1.29, 1.82) is 0 Å². The number of fused-ring (bicyclic) bond motifs is 8. The van der Waals surface area contributed by atoms with Gasteiger partial charge in [0.1, 0.15) is 77.6 Å². The Bertz CT molecular complexity index is 3870. The number of ether oxygens (including phenoxy) is 3. The lowest BCUT2D eigenvalue weighted by atomic mass is 9.99. The number of anilines is 4. The zero-order valence-corrected chi connectivity index (χ0v) is 45.3. The minimum Gasteiger partial charge on any atom is -0.489 e. The van der Waals surface area contributed by atoms with Gasteiger partial charge >= 0.3 is 0 Å². The van der Waals surface area contributed by atoms with Gasteiger partial charge in [0, 0.05) is 60.1 Å². The summed E-state index contributed by atoms with van der Waals surface area (Å²) in [6.07, 6.45) is 11.4. The molecule has 23 heteroatoms. The Morgan fingerprint density at radius 3 is 1.53 bits per heavy atom. The summed E-state index contributed by atoms with van der Waals surface area (Å²) in [7, 11) is 0. The molecule has 4 aromatic carbocycles. The van der Waals surface area contributed by atoms with Gasteiger partial charge in [-0.2, -0.15) is 10.2 Å². The second-order valence-corrected chi connectivity index (χ2v) is 21.3. The summed E-state index contributed by atoms with van der Waals surface area (Å²) in [5.74, 6) is 4.14. The van der Waals surface area contributed by atoms with Crippen LogP contribution in [0.4, 0.5) is 45.0 Å². The number of nitrogens with zero attached hydrogens (tertiary/aromatic N) is 12. The van der Waals surface area contributed by atoms with Crippen molar-refractivity contribution in [2.45, 2.75) is 114 Å². The highest BCUT2D eigenvalue weighted by Crippen LogP contribution is 2.41. The predicted molar refractivity (Wildman–Crippen MR) is 302 cm³/mol. The lowest BCUT2D eigenvalue weighted by Gasteiger charge is -2.38. The number of aliphatic hydroxyl groups is 1. The molecule has 6 aromatic heterocycles. The van der Waals surface area contributed by atoms with E-state index in [1.165, 1.54) is 31.4 Å². The first-order chi connectivity index (χ1) is 40.3. The van der Waals surface area contributed by atoms with Gasteiger partial charge in [-0.3, -0.25) is 9.80 Å². The number of hydrogen-bond donors (Lipinski definition) is 3. The van der Waals surface area contributed by atoms with Crippen LogP contribution < -0.4 is 24.8 Å². The number of nitrogens with one attached hydrogen (secondary N) is 2. The average Bonchev–Trinajstić information content (AvgIpc) is 4.42. The molecule has 4 saturated heterocycles. The van der Waals surface area contributed by atoms with Crippen LogP contribution in [0.2, 0.25) is 0 Å². The molecule has 0 aliphatic carbocycles. The van der Waals surface area contributed by atoms with E-state index in [1.807, 2.05) is 103 Å². The van der Waals surface area contributed by atoms with Crippen LogP contribution in [-0.2, 0) is 0 Å². The molecular weight excluding hydrogens is 1080 g/mol. The molecule has 0 amide bonds. The lowest BCUT2D eigenvalue weighted by molar-refractivity contribution is -0.000463. The van der Waals surface area contributed by atoms with E-state index in [2.05, 4.69) is 50.7 Å². The predicted octanol–water partition coefficient (Wildman–Crippen LogP) is 12.1. The van der Waals surface area contributed by atoms with Gasteiger partial charge < -0.3 is 30.0 Å². The molecule has 83 heavy (non-hydrogen) atoms. The Morgan fingerprint density at radius 1 is 0.542 bits per heavy atom. The molecule has 18 nitrogen and oxygen atoms in total. The van der Waals surface area contributed by atoms with E-state index >= 15 is 0 Å². The van der Waals surface area contributed by atoms with Crippen molar-refractivity contribution in [2.75, 3.05) is 23.7 Å². The van der Waals surface area contributed by atoms with E-state index < -0.39 is 12.9 Å². The van der Waals surface area contributed by atoms with Gasteiger partial charge in [-0.05, 0) is 149 Å². The average molecular weight is 1140 g/mol. The smallest absolute Gasteiger partial charge is 0.251 e. The second-order valence-electron chi connectivity index (χ2n) is 21.3. The van der Waals surface area contributed by atoms with E-state index in [0.29, 0.717) is 69.7 Å². The monoisotopic (exact) mass is 1130 g/mol. The number of aliphatic hydroxyl groups excluding tert-OH is 1. The van der Waals surface area contributed by atoms with Crippen LogP contribution in [0.1, 0.15) is 62.5 Å². The minimum absolute atomic E-state index is 0.0456. The molecule has 0 spiro atoms. The summed E-state index contributed by atoms with van der Waals surface area (Å²) in [6, 6.07) is 30.0. The number of alkyl halides is 4. The number of pyridine rings is 2. The number of piperidine rings is 2. The molecule has 0 radical (unpaired) electrons. The number of rotatable bonds is 14. The highest BCUT2D eigenvalue weighted by molar-refractivity contribution is 5.96. The molecule has 3 N–H and O–H groups in total. The molecule has 10 aromatic rings. The summed E-state index contributed by atoms with van der Waals surface area (Å²) in [5, 5.41) is 25.4. The first-order valence-electron chi connectivity index (χ1n) is 27.6. The summed E-state index contributed by atoms with van der Waals surface area (Å²) in [5.41, 5.74) is 6.19. The summed E-state index contributed by atoms with van der Waals surface area (Å²) >= 11 is 0. The maximum Gasteiger partial charge on any atom is 0.251 e. The molecule has 4 fully saturated rings. The molecule has 2 unspecified atom stereocenters. The Labute approximate surface area is 473 Å². The van der Waals surface area contributed by atoms with Gasteiger partial charge in [-0.1, -0.05) is 12.1 Å². The SMILES string of the molecule is Cc1cc(Nc2ncnc3cccc(F)c23)ccc1Oc1ccn2ncnc2c1.Cc1cc(Nc2ncnc3cccc(OC4C[C@H]5CC[C@@H](C4)N5CC(F)F)c23)ccc1Oc1ccn2ncnc2c1.OC1C[C@H]2CC[C@@H](C1)N2CC(F)F. The standard InChI is InChI=1S/C30H29F2N7O2.C21H15FN6O.C9H15F2NO/c1-18-11-19(5-8-25(18)40-22-9-10-39-28(14-22)34-17-36-39)37-30-29-24(33-16-35-30)3-2-4-26(29)41-23-12-20-6-7-21(13-23)38(20)15-27(31)32;1-13-9-14(27-21-20-16(22)3-2-4-17(20)23-11-25-21)5-6-18(13)29-15-7-8-28-19(10-15)24-12-26-28;10-9(11)5-12-6-1-2-7(12)4-8(13)3-6/h2-5,8-11,14,16-17,20-21,23,27H,6-7,12-13,15H2,1H3,(H,33,35,37);2-12H,1H3,(H,23,25,27);6-9,13H,1-5H2/t20-,21+,23?;;6-,7+,8?. The lowest BCUT2D eigenvalue weighted by Crippen LogP contribution is -2.48. The first kappa shape index (κ1) is 54.9. The van der Waals surface area contributed by atoms with E-state index in [0.717, 1.165) is 77.7 Å². The number of hydrogen-bond acceptors (Lipinski definition) is 16. The van der Waals surface area contributed by atoms with Gasteiger partial charge in [0.25, 0.3) is 12.9 Å². The fraction of sp³-hybridized carbons (Fsp3) is 0.333. The van der Waals surface area contributed by atoms with Gasteiger partial charge in [0.05, 0.1) is 41.0 Å². The van der Waals surface area contributed by atoms with E-state index in [9.17, 15) is 27.1 Å². The maximum atomic E-state index is 14.3. The van der Waals surface area contributed by atoms with E-state index in [4.69, 9.17) is 14.2 Å². The third-order valence-corrected chi connectivity index (χ3v) is 15.8. The van der Waals surface area contributed by atoms with Crippen LogP contribution >= 0.6 is 0 Å². The maximum absolute atomic E-state index is 14.3. The second kappa shape index (κ2) is 24.0. The largest absolute Gasteiger partial charge is 0.489 e. The van der Waals surface area contributed by atoms with Gasteiger partial charge in [0.2, 0.25) is 0 Å². The van der Waals surface area contributed by atoms with Crippen LogP contribution in [-0.4, -0.2) is 126 Å². The molecule has 0 saturated carbocycles. The molecule has 10 heterocycles. The Morgan fingerprint density at radius 2 is 1.02 bits per heavy atom. The molecule has 4 bridgehead atoms. The molecule has 14 rings (SSSR count). The van der Waals surface area contributed by atoms with Crippen molar-refractivity contribution >= 4 is 56.1 Å². The Kier molecular flexibility index (Phi) is 15.9. The molecule has 4 aliphatic heterocycles. The van der Waals surface area contributed by atoms with Crippen molar-refractivity contribution in [3.63, 3.8) is 0 Å². The fourth-order valence-corrected chi connectivity index (χ4v) is 12.0. The van der Waals surface area contributed by atoms with E-state index in [1.54, 1.807) is 33.6 Å². The highest BCUT2D eigenvalue weighted by atomic mass is 19.3. The zero-order valence-electron chi connectivity index (χ0n) is 45.3. The fourth-order valence-electron chi connectivity index (χ4n) is 12.0. The number of benzene rings is 4. The molecular formula is C60H59F5N14O4. The molecule has 6 atom stereocenters. The quantitative estimate of drug-likeness (QED) is 0.0871. The zero-order chi connectivity index (χ0) is 57.1. The van der Waals surface area contributed by atoms with Crippen molar-refractivity contribution < 1.29 is 41.3 Å². The van der Waals surface area contributed by atoms with Crippen LogP contribution in [0.15, 0.2) is 135 Å². The normalized spacial score (nSPS) is 20.4. The third-order valence-electron chi connectivity index (χ3n) is 15.8. The van der Waals surface area contributed by atoms with Crippen molar-refractivity contribution in [1.82, 2.24) is 58.9 Å². The van der Waals surface area contributed by atoms with Gasteiger partial charge in [-0.15, -0.1) is 0 Å². The summed E-state index contributed by atoms with van der Waals surface area (Å²) < 4.78 is 86.9.